The van der Waals surface area contributed by atoms with Crippen LogP contribution in [0.1, 0.15) is 58.8 Å². The Morgan fingerprint density at radius 2 is 1.88 bits per heavy atom. The standard InChI is InChI=1S/C20H37N3O/c1-14(19-13-17-4-5-18(19)12-17)22-20(24)15(2)23-10-7-16(8-11-23)6-9-21-3/h14-19,21H,4-13H2,1-3H3,(H,22,24). The van der Waals surface area contributed by atoms with Crippen molar-refractivity contribution in [1.82, 2.24) is 15.5 Å². The van der Waals surface area contributed by atoms with Gasteiger partial charge in [-0.2, -0.15) is 0 Å². The third-order valence-corrected chi connectivity index (χ3v) is 7.18. The minimum absolute atomic E-state index is 0.0243. The van der Waals surface area contributed by atoms with Gasteiger partial charge in [-0.1, -0.05) is 6.42 Å². The van der Waals surface area contributed by atoms with Crippen LogP contribution in [0.3, 0.4) is 0 Å². The van der Waals surface area contributed by atoms with Gasteiger partial charge in [0.25, 0.3) is 0 Å². The fraction of sp³-hybridized carbons (Fsp3) is 0.950. The molecule has 2 aliphatic carbocycles. The minimum atomic E-state index is 0.0243. The third-order valence-electron chi connectivity index (χ3n) is 7.18. The summed E-state index contributed by atoms with van der Waals surface area (Å²) in [6.45, 7) is 7.59. The lowest BCUT2D eigenvalue weighted by molar-refractivity contribution is -0.127. The zero-order valence-corrected chi connectivity index (χ0v) is 15.9. The van der Waals surface area contributed by atoms with Crippen LogP contribution in [0.25, 0.3) is 0 Å². The highest BCUT2D eigenvalue weighted by atomic mass is 16.2. The summed E-state index contributed by atoms with van der Waals surface area (Å²) in [5.74, 6) is 3.64. The number of likely N-dealkylation sites (tertiary alicyclic amines) is 1. The molecule has 3 rings (SSSR count). The molecule has 0 aromatic rings. The van der Waals surface area contributed by atoms with Crippen molar-refractivity contribution in [2.24, 2.45) is 23.7 Å². The molecule has 4 nitrogen and oxygen atoms in total. The van der Waals surface area contributed by atoms with Crippen LogP contribution < -0.4 is 10.6 Å². The smallest absolute Gasteiger partial charge is 0.237 e. The Morgan fingerprint density at radius 1 is 1.12 bits per heavy atom. The molecule has 0 aromatic carbocycles. The summed E-state index contributed by atoms with van der Waals surface area (Å²) in [6.07, 6.45) is 9.33. The molecule has 5 atom stereocenters. The molecule has 0 spiro atoms. The van der Waals surface area contributed by atoms with E-state index < -0.39 is 0 Å². The van der Waals surface area contributed by atoms with E-state index in [0.717, 1.165) is 43.3 Å². The van der Waals surface area contributed by atoms with Crippen molar-refractivity contribution >= 4 is 5.91 Å². The van der Waals surface area contributed by atoms with Gasteiger partial charge in [0.15, 0.2) is 0 Å². The van der Waals surface area contributed by atoms with E-state index >= 15 is 0 Å². The number of hydrogen-bond acceptors (Lipinski definition) is 3. The number of carbonyl (C=O) groups excluding carboxylic acids is 1. The molecule has 1 heterocycles. The lowest BCUT2D eigenvalue weighted by Crippen LogP contribution is -2.51. The molecule has 1 amide bonds. The van der Waals surface area contributed by atoms with E-state index in [2.05, 4.69) is 29.4 Å². The highest BCUT2D eigenvalue weighted by molar-refractivity contribution is 5.81. The summed E-state index contributed by atoms with van der Waals surface area (Å²) in [4.78, 5) is 15.1. The van der Waals surface area contributed by atoms with Crippen molar-refractivity contribution in [3.63, 3.8) is 0 Å². The van der Waals surface area contributed by atoms with Crippen molar-refractivity contribution < 1.29 is 4.79 Å². The van der Waals surface area contributed by atoms with Crippen LogP contribution >= 0.6 is 0 Å². The highest BCUT2D eigenvalue weighted by Gasteiger charge is 2.42. The van der Waals surface area contributed by atoms with Crippen LogP contribution in [-0.4, -0.2) is 49.6 Å². The Hall–Kier alpha value is -0.610. The molecule has 2 bridgehead atoms. The van der Waals surface area contributed by atoms with Crippen LogP contribution in [-0.2, 0) is 4.79 Å². The first-order chi connectivity index (χ1) is 11.6. The van der Waals surface area contributed by atoms with E-state index in [1.165, 1.54) is 44.9 Å². The number of fused-ring (bicyclic) bond motifs is 2. The summed E-state index contributed by atoms with van der Waals surface area (Å²) in [5.41, 5.74) is 0. The lowest BCUT2D eigenvalue weighted by atomic mass is 9.84. The van der Waals surface area contributed by atoms with E-state index in [4.69, 9.17) is 0 Å². The highest BCUT2D eigenvalue weighted by Crippen LogP contribution is 2.49. The quantitative estimate of drug-likeness (QED) is 0.752. The first-order valence-electron chi connectivity index (χ1n) is 10.3. The van der Waals surface area contributed by atoms with Crippen LogP contribution in [0, 0.1) is 23.7 Å². The van der Waals surface area contributed by atoms with Crippen molar-refractivity contribution in [2.45, 2.75) is 70.9 Å². The number of piperidine rings is 1. The summed E-state index contributed by atoms with van der Waals surface area (Å²) in [7, 11) is 2.03. The number of hydrogen-bond donors (Lipinski definition) is 2. The lowest BCUT2D eigenvalue weighted by Gasteiger charge is -2.36. The summed E-state index contributed by atoms with van der Waals surface area (Å²) in [6, 6.07) is 0.375. The molecule has 138 valence electrons. The average molecular weight is 336 g/mol. The second-order valence-electron chi connectivity index (χ2n) is 8.68. The second-order valence-corrected chi connectivity index (χ2v) is 8.68. The van der Waals surface area contributed by atoms with E-state index in [9.17, 15) is 4.79 Å². The van der Waals surface area contributed by atoms with Gasteiger partial charge in [-0.05, 0) is 103 Å². The minimum Gasteiger partial charge on any atom is -0.352 e. The summed E-state index contributed by atoms with van der Waals surface area (Å²) < 4.78 is 0. The number of nitrogens with one attached hydrogen (secondary N) is 2. The first kappa shape index (κ1) is 18.2. The topological polar surface area (TPSA) is 44.4 Å². The van der Waals surface area contributed by atoms with E-state index in [0.29, 0.717) is 6.04 Å². The van der Waals surface area contributed by atoms with Gasteiger partial charge in [-0.3, -0.25) is 9.69 Å². The van der Waals surface area contributed by atoms with Crippen LogP contribution in [0.4, 0.5) is 0 Å². The maximum absolute atomic E-state index is 12.7. The Labute approximate surface area is 148 Å². The van der Waals surface area contributed by atoms with Crippen LogP contribution in [0.5, 0.6) is 0 Å². The van der Waals surface area contributed by atoms with E-state index in [1.54, 1.807) is 0 Å². The van der Waals surface area contributed by atoms with Crippen molar-refractivity contribution in [3.05, 3.63) is 0 Å². The van der Waals surface area contributed by atoms with Crippen LogP contribution in [0.15, 0.2) is 0 Å². The molecule has 1 saturated heterocycles. The SMILES string of the molecule is CNCCC1CCN(C(C)C(=O)NC(C)C2CC3CCC2C3)CC1. The molecule has 3 fully saturated rings. The molecule has 0 radical (unpaired) electrons. The van der Waals surface area contributed by atoms with Gasteiger partial charge in [-0.25, -0.2) is 0 Å². The summed E-state index contributed by atoms with van der Waals surface area (Å²) >= 11 is 0. The average Bonchev–Trinajstić information content (AvgIpc) is 3.23. The number of carbonyl (C=O) groups is 1. The van der Waals surface area contributed by atoms with Gasteiger partial charge in [0.2, 0.25) is 5.91 Å². The molecule has 3 aliphatic rings. The van der Waals surface area contributed by atoms with Crippen molar-refractivity contribution in [1.29, 1.82) is 0 Å². The molecule has 0 aromatic heterocycles. The van der Waals surface area contributed by atoms with E-state index in [-0.39, 0.29) is 11.9 Å². The second kappa shape index (κ2) is 8.18. The van der Waals surface area contributed by atoms with Gasteiger partial charge >= 0.3 is 0 Å². The zero-order valence-electron chi connectivity index (χ0n) is 15.9. The Bertz CT molecular complexity index is 419. The first-order valence-corrected chi connectivity index (χ1v) is 10.3. The molecular formula is C20H37N3O. The zero-order chi connectivity index (χ0) is 17.1. The van der Waals surface area contributed by atoms with Gasteiger partial charge in [0.05, 0.1) is 6.04 Å². The maximum Gasteiger partial charge on any atom is 0.237 e. The van der Waals surface area contributed by atoms with Gasteiger partial charge in [-0.15, -0.1) is 0 Å². The van der Waals surface area contributed by atoms with E-state index in [1.807, 2.05) is 7.05 Å². The Balaban J connectivity index is 1.42. The van der Waals surface area contributed by atoms with Crippen LogP contribution in [0.2, 0.25) is 0 Å². The van der Waals surface area contributed by atoms with Gasteiger partial charge in [0, 0.05) is 6.04 Å². The third kappa shape index (κ3) is 4.13. The molecule has 2 saturated carbocycles. The van der Waals surface area contributed by atoms with Gasteiger partial charge < -0.3 is 10.6 Å². The van der Waals surface area contributed by atoms with Crippen molar-refractivity contribution in [3.8, 4) is 0 Å². The molecule has 1 aliphatic heterocycles. The molecule has 2 N–H and O–H groups in total. The maximum atomic E-state index is 12.7. The summed E-state index contributed by atoms with van der Waals surface area (Å²) in [5, 5.41) is 6.61. The van der Waals surface area contributed by atoms with Crippen molar-refractivity contribution in [2.75, 3.05) is 26.7 Å². The molecule has 5 unspecified atom stereocenters. The molecule has 24 heavy (non-hydrogen) atoms. The fourth-order valence-electron chi connectivity index (χ4n) is 5.50. The fourth-order valence-corrected chi connectivity index (χ4v) is 5.50. The number of nitrogens with zero attached hydrogens (tertiary/aromatic N) is 1. The largest absolute Gasteiger partial charge is 0.352 e. The van der Waals surface area contributed by atoms with Gasteiger partial charge in [0.1, 0.15) is 0 Å². The number of amides is 1. The normalized spacial score (nSPS) is 33.5. The Kier molecular flexibility index (Phi) is 6.20. The predicted octanol–water partition coefficient (Wildman–Crippen LogP) is 2.64. The predicted molar refractivity (Wildman–Crippen MR) is 98.8 cm³/mol. The number of rotatable bonds is 7. The monoisotopic (exact) mass is 335 g/mol. The molecule has 4 heteroatoms. The molecular weight excluding hydrogens is 298 g/mol. The Morgan fingerprint density at radius 3 is 2.46 bits per heavy atom.